The van der Waals surface area contributed by atoms with Crippen molar-refractivity contribution in [3.63, 3.8) is 0 Å². The van der Waals surface area contributed by atoms with Gasteiger partial charge in [0.1, 0.15) is 11.3 Å². The monoisotopic (exact) mass is 367 g/mol. The van der Waals surface area contributed by atoms with E-state index in [-0.39, 0.29) is 18.0 Å². The summed E-state index contributed by atoms with van der Waals surface area (Å²) in [5.74, 6) is -1.06. The number of carbonyl (C=O) groups excluding carboxylic acids is 3. The van der Waals surface area contributed by atoms with Crippen LogP contribution in [0.4, 0.5) is 5.69 Å². The van der Waals surface area contributed by atoms with Crippen LogP contribution in [-0.4, -0.2) is 29.4 Å². The first kappa shape index (κ1) is 18.2. The number of amides is 1. The Bertz CT molecular complexity index is 1000. The average molecular weight is 367 g/mol. The number of aromatic hydroxyl groups is 1. The van der Waals surface area contributed by atoms with Gasteiger partial charge in [-0.25, -0.2) is 0 Å². The Hall–Kier alpha value is -3.61. The molecule has 0 aliphatic carbocycles. The second-order valence-electron chi connectivity index (χ2n) is 5.96. The predicted octanol–water partition coefficient (Wildman–Crippen LogP) is 3.07. The molecule has 2 aromatic carbocycles. The first-order chi connectivity index (χ1) is 12.9. The van der Waals surface area contributed by atoms with Crippen molar-refractivity contribution in [1.29, 1.82) is 0 Å². The van der Waals surface area contributed by atoms with Crippen molar-refractivity contribution in [3.05, 3.63) is 59.9 Å². The van der Waals surface area contributed by atoms with E-state index >= 15 is 0 Å². The average Bonchev–Trinajstić information content (AvgIpc) is 3.02. The molecule has 0 unspecified atom stereocenters. The highest BCUT2D eigenvalue weighted by molar-refractivity contribution is 5.96. The van der Waals surface area contributed by atoms with Crippen molar-refractivity contribution in [2.75, 3.05) is 11.9 Å². The molecule has 0 fully saturated rings. The fourth-order valence-corrected chi connectivity index (χ4v) is 2.55. The summed E-state index contributed by atoms with van der Waals surface area (Å²) in [6, 6.07) is 11.0. The Balaban J connectivity index is 1.52. The molecule has 3 aromatic rings. The number of esters is 1. The van der Waals surface area contributed by atoms with Crippen LogP contribution in [0.3, 0.4) is 0 Å². The van der Waals surface area contributed by atoms with E-state index in [2.05, 4.69) is 5.32 Å². The Kier molecular flexibility index (Phi) is 5.21. The molecule has 138 valence electrons. The molecule has 27 heavy (non-hydrogen) atoms. The normalized spacial score (nSPS) is 10.6. The fraction of sp³-hybridized carbons (Fsp3) is 0.150. The number of hydrogen-bond acceptors (Lipinski definition) is 6. The molecule has 0 aliphatic heterocycles. The number of hydrogen-bond donors (Lipinski definition) is 2. The minimum Gasteiger partial charge on any atom is -0.508 e. The third-order valence-electron chi connectivity index (χ3n) is 3.91. The van der Waals surface area contributed by atoms with Crippen LogP contribution in [0.5, 0.6) is 5.75 Å². The quantitative estimate of drug-likeness (QED) is 0.512. The molecule has 0 atom stereocenters. The molecule has 0 radical (unpaired) electrons. The number of fused-ring (bicyclic) bond motifs is 1. The Morgan fingerprint density at radius 2 is 1.85 bits per heavy atom. The molecule has 0 saturated carbocycles. The van der Waals surface area contributed by atoms with E-state index < -0.39 is 18.5 Å². The van der Waals surface area contributed by atoms with Gasteiger partial charge in [0.25, 0.3) is 5.91 Å². The SMILES string of the molecule is CC(=O)c1ccc(NC(=O)COC(=O)Cc2coc3cc(O)ccc23)cc1. The van der Waals surface area contributed by atoms with Gasteiger partial charge < -0.3 is 19.6 Å². The van der Waals surface area contributed by atoms with E-state index in [9.17, 15) is 19.5 Å². The summed E-state index contributed by atoms with van der Waals surface area (Å²) in [5, 5.41) is 12.7. The number of benzene rings is 2. The first-order valence-corrected chi connectivity index (χ1v) is 8.18. The van der Waals surface area contributed by atoms with Gasteiger partial charge in [0.15, 0.2) is 12.4 Å². The third kappa shape index (κ3) is 4.52. The van der Waals surface area contributed by atoms with Gasteiger partial charge in [-0.3, -0.25) is 14.4 Å². The van der Waals surface area contributed by atoms with Crippen LogP contribution in [0.2, 0.25) is 0 Å². The van der Waals surface area contributed by atoms with E-state index in [1.807, 2.05) is 0 Å². The minimum absolute atomic E-state index is 0.0572. The number of nitrogens with one attached hydrogen (secondary N) is 1. The zero-order valence-electron chi connectivity index (χ0n) is 14.5. The van der Waals surface area contributed by atoms with Crippen LogP contribution < -0.4 is 5.32 Å². The van der Waals surface area contributed by atoms with Gasteiger partial charge in [0.05, 0.1) is 12.7 Å². The zero-order valence-corrected chi connectivity index (χ0v) is 14.5. The number of ether oxygens (including phenoxy) is 1. The lowest BCUT2D eigenvalue weighted by atomic mass is 10.1. The maximum absolute atomic E-state index is 12.0. The predicted molar refractivity (Wildman–Crippen MR) is 97.6 cm³/mol. The van der Waals surface area contributed by atoms with E-state index in [0.29, 0.717) is 27.8 Å². The Morgan fingerprint density at radius 3 is 2.56 bits per heavy atom. The molecule has 1 aromatic heterocycles. The van der Waals surface area contributed by atoms with E-state index in [4.69, 9.17) is 9.15 Å². The fourth-order valence-electron chi connectivity index (χ4n) is 2.55. The van der Waals surface area contributed by atoms with Crippen molar-refractivity contribution < 1.29 is 28.6 Å². The van der Waals surface area contributed by atoms with Crippen LogP contribution in [0, 0.1) is 0 Å². The maximum Gasteiger partial charge on any atom is 0.310 e. The van der Waals surface area contributed by atoms with Gasteiger partial charge in [-0.2, -0.15) is 0 Å². The molecule has 1 heterocycles. The standard InChI is InChI=1S/C20H17NO6/c1-12(22)13-2-4-15(5-3-13)21-19(24)11-27-20(25)8-14-10-26-18-9-16(23)6-7-17(14)18/h2-7,9-10,23H,8,11H2,1H3,(H,21,24). The largest absolute Gasteiger partial charge is 0.508 e. The lowest BCUT2D eigenvalue weighted by Gasteiger charge is -2.07. The van der Waals surface area contributed by atoms with E-state index in [1.54, 1.807) is 30.3 Å². The van der Waals surface area contributed by atoms with Crippen molar-refractivity contribution in [2.45, 2.75) is 13.3 Å². The third-order valence-corrected chi connectivity index (χ3v) is 3.91. The summed E-state index contributed by atoms with van der Waals surface area (Å²) < 4.78 is 10.3. The summed E-state index contributed by atoms with van der Waals surface area (Å²) in [6.45, 7) is 1.03. The first-order valence-electron chi connectivity index (χ1n) is 8.18. The van der Waals surface area contributed by atoms with Crippen LogP contribution in [0.25, 0.3) is 11.0 Å². The molecule has 2 N–H and O–H groups in total. The number of rotatable bonds is 6. The number of carbonyl (C=O) groups is 3. The molecule has 1 amide bonds. The van der Waals surface area contributed by atoms with Gasteiger partial charge in [0.2, 0.25) is 0 Å². The highest BCUT2D eigenvalue weighted by atomic mass is 16.5. The molecule has 0 spiro atoms. The lowest BCUT2D eigenvalue weighted by molar-refractivity contribution is -0.146. The van der Waals surface area contributed by atoms with Gasteiger partial charge >= 0.3 is 5.97 Å². The van der Waals surface area contributed by atoms with Crippen LogP contribution in [-0.2, 0) is 20.7 Å². The van der Waals surface area contributed by atoms with Gasteiger partial charge in [-0.15, -0.1) is 0 Å². The molecule has 0 saturated heterocycles. The van der Waals surface area contributed by atoms with Crippen LogP contribution >= 0.6 is 0 Å². The number of ketones is 1. The highest BCUT2D eigenvalue weighted by Gasteiger charge is 2.13. The summed E-state index contributed by atoms with van der Waals surface area (Å²) in [7, 11) is 0. The number of furan rings is 1. The summed E-state index contributed by atoms with van der Waals surface area (Å²) >= 11 is 0. The molecule has 0 bridgehead atoms. The summed E-state index contributed by atoms with van der Waals surface area (Å²) in [5.41, 5.74) is 2.11. The molecule has 0 aliphatic rings. The lowest BCUT2D eigenvalue weighted by Crippen LogP contribution is -2.21. The Morgan fingerprint density at radius 1 is 1.11 bits per heavy atom. The number of phenols is 1. The molecular formula is C20H17NO6. The highest BCUT2D eigenvalue weighted by Crippen LogP contribution is 2.25. The molecule has 7 nitrogen and oxygen atoms in total. The summed E-state index contributed by atoms with van der Waals surface area (Å²) in [4.78, 5) is 35.1. The molecule has 7 heteroatoms. The van der Waals surface area contributed by atoms with Crippen LogP contribution in [0.1, 0.15) is 22.8 Å². The smallest absolute Gasteiger partial charge is 0.310 e. The van der Waals surface area contributed by atoms with Gasteiger partial charge in [-0.1, -0.05) is 0 Å². The molecular weight excluding hydrogens is 350 g/mol. The topological polar surface area (TPSA) is 106 Å². The van der Waals surface area contributed by atoms with Crippen molar-refractivity contribution in [1.82, 2.24) is 0 Å². The van der Waals surface area contributed by atoms with Crippen molar-refractivity contribution >= 4 is 34.3 Å². The van der Waals surface area contributed by atoms with Crippen LogP contribution in [0.15, 0.2) is 53.1 Å². The second-order valence-corrected chi connectivity index (χ2v) is 5.96. The zero-order chi connectivity index (χ0) is 19.4. The maximum atomic E-state index is 12.0. The van der Waals surface area contributed by atoms with E-state index in [1.165, 1.54) is 25.3 Å². The minimum atomic E-state index is -0.576. The van der Waals surface area contributed by atoms with E-state index in [0.717, 1.165) is 0 Å². The number of phenolic OH excluding ortho intramolecular Hbond substituents is 1. The van der Waals surface area contributed by atoms with Gasteiger partial charge in [0, 0.05) is 28.3 Å². The summed E-state index contributed by atoms with van der Waals surface area (Å²) in [6.07, 6.45) is 1.36. The number of Topliss-reactive ketones (excluding diaryl/α,β-unsaturated/α-hetero) is 1. The van der Waals surface area contributed by atoms with Crippen molar-refractivity contribution in [2.24, 2.45) is 0 Å². The molecule has 3 rings (SSSR count). The Labute approximate surface area is 154 Å². The number of anilines is 1. The second kappa shape index (κ2) is 7.74. The van der Waals surface area contributed by atoms with Crippen molar-refractivity contribution in [3.8, 4) is 5.75 Å². The van der Waals surface area contributed by atoms with Gasteiger partial charge in [-0.05, 0) is 43.3 Å².